The van der Waals surface area contributed by atoms with Crippen molar-refractivity contribution in [2.45, 2.75) is 0 Å². The van der Waals surface area contributed by atoms with Gasteiger partial charge in [-0.05, 0) is 35.9 Å². The molecular weight excluding hydrogens is 266 g/mol. The van der Waals surface area contributed by atoms with Crippen molar-refractivity contribution in [3.8, 4) is 17.2 Å². The van der Waals surface area contributed by atoms with E-state index in [9.17, 15) is 15.3 Å². The average molecular weight is 279 g/mol. The van der Waals surface area contributed by atoms with Crippen molar-refractivity contribution >= 4 is 23.1 Å². The summed E-state index contributed by atoms with van der Waals surface area (Å²) >= 11 is 0. The number of benzene rings is 2. The number of aromatic nitrogens is 1. The van der Waals surface area contributed by atoms with E-state index in [2.05, 4.69) is 4.98 Å². The smallest absolute Gasteiger partial charge is 0.141 e. The van der Waals surface area contributed by atoms with Gasteiger partial charge in [0.1, 0.15) is 22.8 Å². The zero-order valence-electron chi connectivity index (χ0n) is 11.1. The standard InChI is InChI=1S/C17H13NO3/c19-14-8-11(9-15(20)10-14)4-6-13-7-5-12-2-1-3-16(21)17(12)18-13/h1-10,19-21H/b6-4+. The third kappa shape index (κ3) is 2.79. The summed E-state index contributed by atoms with van der Waals surface area (Å²) in [4.78, 5) is 4.37. The molecule has 0 saturated heterocycles. The monoisotopic (exact) mass is 279 g/mol. The zero-order valence-corrected chi connectivity index (χ0v) is 11.1. The fourth-order valence-electron chi connectivity index (χ4n) is 2.14. The highest BCUT2D eigenvalue weighted by Gasteiger charge is 2.01. The van der Waals surface area contributed by atoms with Gasteiger partial charge >= 0.3 is 0 Å². The molecule has 1 aromatic heterocycles. The molecule has 0 aliphatic heterocycles. The van der Waals surface area contributed by atoms with Crippen molar-refractivity contribution in [1.29, 1.82) is 0 Å². The maximum Gasteiger partial charge on any atom is 0.141 e. The zero-order chi connectivity index (χ0) is 14.8. The summed E-state index contributed by atoms with van der Waals surface area (Å²) < 4.78 is 0. The average Bonchev–Trinajstić information content (AvgIpc) is 2.45. The number of phenols is 3. The summed E-state index contributed by atoms with van der Waals surface area (Å²) in [6, 6.07) is 13.3. The topological polar surface area (TPSA) is 73.6 Å². The Morgan fingerprint density at radius 2 is 1.57 bits per heavy atom. The summed E-state index contributed by atoms with van der Waals surface area (Å²) in [5.41, 5.74) is 1.87. The van der Waals surface area contributed by atoms with E-state index >= 15 is 0 Å². The fraction of sp³-hybridized carbons (Fsp3) is 0. The number of pyridine rings is 1. The molecule has 0 bridgehead atoms. The Bertz CT molecular complexity index is 820. The van der Waals surface area contributed by atoms with Crippen LogP contribution in [0, 0.1) is 0 Å². The van der Waals surface area contributed by atoms with Crippen LogP contribution < -0.4 is 0 Å². The normalized spacial score (nSPS) is 11.2. The van der Waals surface area contributed by atoms with Crippen molar-refractivity contribution in [1.82, 2.24) is 4.98 Å². The maximum atomic E-state index is 9.80. The van der Waals surface area contributed by atoms with Gasteiger partial charge < -0.3 is 15.3 Å². The molecule has 2 aromatic carbocycles. The third-order valence-corrected chi connectivity index (χ3v) is 3.09. The second-order valence-electron chi connectivity index (χ2n) is 4.70. The second-order valence-corrected chi connectivity index (χ2v) is 4.70. The number of nitrogens with zero attached hydrogens (tertiary/aromatic N) is 1. The fourth-order valence-corrected chi connectivity index (χ4v) is 2.14. The number of phenolic OH excluding ortho intramolecular Hbond substituents is 3. The Labute approximate surface area is 121 Å². The minimum Gasteiger partial charge on any atom is -0.508 e. The van der Waals surface area contributed by atoms with Crippen LogP contribution in [0.5, 0.6) is 17.2 Å². The predicted molar refractivity (Wildman–Crippen MR) is 82.1 cm³/mol. The lowest BCUT2D eigenvalue weighted by atomic mass is 10.1. The quantitative estimate of drug-likeness (QED) is 0.671. The molecule has 0 aliphatic rings. The predicted octanol–water partition coefficient (Wildman–Crippen LogP) is 3.52. The molecule has 3 N–H and O–H groups in total. The van der Waals surface area contributed by atoms with Crippen molar-refractivity contribution in [2.75, 3.05) is 0 Å². The van der Waals surface area contributed by atoms with Crippen LogP contribution in [0.1, 0.15) is 11.3 Å². The molecular formula is C17H13NO3. The first kappa shape index (κ1) is 13.0. The first-order chi connectivity index (χ1) is 10.1. The van der Waals surface area contributed by atoms with Crippen LogP contribution in [0.15, 0.2) is 48.5 Å². The molecule has 0 spiro atoms. The summed E-state index contributed by atoms with van der Waals surface area (Å²) in [6.45, 7) is 0. The second kappa shape index (κ2) is 5.17. The Morgan fingerprint density at radius 3 is 2.33 bits per heavy atom. The first-order valence-electron chi connectivity index (χ1n) is 6.42. The molecule has 21 heavy (non-hydrogen) atoms. The van der Waals surface area contributed by atoms with E-state index in [4.69, 9.17) is 0 Å². The highest BCUT2D eigenvalue weighted by Crippen LogP contribution is 2.24. The van der Waals surface area contributed by atoms with Crippen LogP contribution in [0.2, 0.25) is 0 Å². The first-order valence-corrected chi connectivity index (χ1v) is 6.42. The molecule has 0 saturated carbocycles. The van der Waals surface area contributed by atoms with E-state index in [1.807, 2.05) is 18.2 Å². The van der Waals surface area contributed by atoms with Crippen molar-refractivity contribution in [3.05, 3.63) is 59.8 Å². The minimum absolute atomic E-state index is 0.00114. The van der Waals surface area contributed by atoms with Gasteiger partial charge in [0.2, 0.25) is 0 Å². The van der Waals surface area contributed by atoms with Gasteiger partial charge in [-0.15, -0.1) is 0 Å². The Hall–Kier alpha value is -3.01. The van der Waals surface area contributed by atoms with E-state index in [-0.39, 0.29) is 17.2 Å². The van der Waals surface area contributed by atoms with E-state index < -0.39 is 0 Å². The highest BCUT2D eigenvalue weighted by molar-refractivity contribution is 5.85. The number of rotatable bonds is 2. The molecule has 0 atom stereocenters. The van der Waals surface area contributed by atoms with Crippen molar-refractivity contribution in [2.24, 2.45) is 0 Å². The lowest BCUT2D eigenvalue weighted by Crippen LogP contribution is -1.83. The van der Waals surface area contributed by atoms with Gasteiger partial charge in [0.15, 0.2) is 0 Å². The number of hydrogen-bond acceptors (Lipinski definition) is 4. The van der Waals surface area contributed by atoms with Gasteiger partial charge in [-0.25, -0.2) is 4.98 Å². The van der Waals surface area contributed by atoms with E-state index in [0.717, 1.165) is 5.39 Å². The van der Waals surface area contributed by atoms with Crippen LogP contribution in [-0.2, 0) is 0 Å². The van der Waals surface area contributed by atoms with Gasteiger partial charge in [0, 0.05) is 11.5 Å². The molecule has 0 aliphatic carbocycles. The Kier molecular flexibility index (Phi) is 3.20. The van der Waals surface area contributed by atoms with Crippen LogP contribution in [0.25, 0.3) is 23.1 Å². The van der Waals surface area contributed by atoms with Crippen molar-refractivity contribution in [3.63, 3.8) is 0 Å². The van der Waals surface area contributed by atoms with Gasteiger partial charge in [-0.2, -0.15) is 0 Å². The van der Waals surface area contributed by atoms with Gasteiger partial charge in [0.05, 0.1) is 5.69 Å². The van der Waals surface area contributed by atoms with Gasteiger partial charge in [-0.1, -0.05) is 24.3 Å². The van der Waals surface area contributed by atoms with E-state index in [0.29, 0.717) is 16.8 Å². The van der Waals surface area contributed by atoms with Crippen LogP contribution in [-0.4, -0.2) is 20.3 Å². The van der Waals surface area contributed by atoms with Crippen molar-refractivity contribution < 1.29 is 15.3 Å². The van der Waals surface area contributed by atoms with E-state index in [1.165, 1.54) is 18.2 Å². The molecule has 4 heteroatoms. The molecule has 3 aromatic rings. The molecule has 0 fully saturated rings. The third-order valence-electron chi connectivity index (χ3n) is 3.09. The summed E-state index contributed by atoms with van der Waals surface area (Å²) in [5.74, 6) is 0.135. The molecule has 3 rings (SSSR count). The Morgan fingerprint density at radius 1 is 0.810 bits per heavy atom. The Balaban J connectivity index is 1.97. The number of hydrogen-bond donors (Lipinski definition) is 3. The van der Waals surface area contributed by atoms with Crippen LogP contribution >= 0.6 is 0 Å². The minimum atomic E-state index is -0.00114. The molecule has 104 valence electrons. The molecule has 0 amide bonds. The molecule has 0 unspecified atom stereocenters. The van der Waals surface area contributed by atoms with Gasteiger partial charge in [0.25, 0.3) is 0 Å². The van der Waals surface area contributed by atoms with Gasteiger partial charge in [-0.3, -0.25) is 0 Å². The largest absolute Gasteiger partial charge is 0.508 e. The summed E-state index contributed by atoms with van der Waals surface area (Å²) in [7, 11) is 0. The number of aromatic hydroxyl groups is 3. The highest BCUT2D eigenvalue weighted by atomic mass is 16.3. The number of fused-ring (bicyclic) bond motifs is 1. The maximum absolute atomic E-state index is 9.80. The molecule has 1 heterocycles. The summed E-state index contributed by atoms with van der Waals surface area (Å²) in [5, 5.41) is 29.5. The SMILES string of the molecule is Oc1cc(O)cc(/C=C/c2ccc3cccc(O)c3n2)c1. The van der Waals surface area contributed by atoms with E-state index in [1.54, 1.807) is 24.3 Å². The lowest BCUT2D eigenvalue weighted by Gasteiger charge is -2.01. The number of para-hydroxylation sites is 1. The lowest BCUT2D eigenvalue weighted by molar-refractivity contribution is 0.450. The van der Waals surface area contributed by atoms with Crippen LogP contribution in [0.4, 0.5) is 0 Å². The van der Waals surface area contributed by atoms with Crippen LogP contribution in [0.3, 0.4) is 0 Å². The molecule has 4 nitrogen and oxygen atoms in total. The summed E-state index contributed by atoms with van der Waals surface area (Å²) in [6.07, 6.45) is 3.48. The molecule has 0 radical (unpaired) electrons.